The maximum absolute atomic E-state index is 10.8. The molecule has 1 unspecified atom stereocenters. The Labute approximate surface area is 93.0 Å². The molecule has 2 heteroatoms. The van der Waals surface area contributed by atoms with Crippen molar-refractivity contribution in [1.29, 1.82) is 0 Å². The number of carbonyl (C=O) groups is 1. The van der Waals surface area contributed by atoms with Crippen molar-refractivity contribution in [3.8, 4) is 0 Å². The van der Waals surface area contributed by atoms with Crippen LogP contribution in [0.1, 0.15) is 40.0 Å². The number of ether oxygens (including phenoxy) is 1. The Kier molecular flexibility index (Phi) is 7.69. The fraction of sp³-hybridized carbons (Fsp3) is 0.615. The van der Waals surface area contributed by atoms with Crippen LogP contribution < -0.4 is 0 Å². The van der Waals surface area contributed by atoms with Crippen molar-refractivity contribution < 1.29 is 9.53 Å². The van der Waals surface area contributed by atoms with E-state index < -0.39 is 0 Å². The molecule has 0 aliphatic rings. The fourth-order valence-electron chi connectivity index (χ4n) is 1.26. The van der Waals surface area contributed by atoms with Gasteiger partial charge in [-0.1, -0.05) is 38.2 Å². The first-order chi connectivity index (χ1) is 7.11. The average molecular weight is 210 g/mol. The van der Waals surface area contributed by atoms with Gasteiger partial charge in [-0.25, -0.2) is 0 Å². The van der Waals surface area contributed by atoms with Crippen molar-refractivity contribution in [3.63, 3.8) is 0 Å². The summed E-state index contributed by atoms with van der Waals surface area (Å²) in [5.74, 6) is 0.421. The van der Waals surface area contributed by atoms with E-state index in [-0.39, 0.29) is 5.97 Å². The minimum atomic E-state index is -0.110. The summed E-state index contributed by atoms with van der Waals surface area (Å²) in [7, 11) is 0. The van der Waals surface area contributed by atoms with Crippen molar-refractivity contribution in [2.45, 2.75) is 40.0 Å². The van der Waals surface area contributed by atoms with E-state index in [0.29, 0.717) is 18.9 Å². The molecule has 0 aliphatic heterocycles. The van der Waals surface area contributed by atoms with E-state index in [4.69, 9.17) is 4.74 Å². The standard InChI is InChI=1S/C13H22O2/c1-5-8-11(3)12(4)9-7-10-15-13(14)6-2/h5,8,12H,1,6-7,9-10H2,2-4H3/b11-8+. The van der Waals surface area contributed by atoms with Crippen LogP contribution in [0.15, 0.2) is 24.3 Å². The van der Waals surface area contributed by atoms with Gasteiger partial charge in [0.1, 0.15) is 0 Å². The molecular formula is C13H22O2. The molecule has 0 aliphatic carbocycles. The third kappa shape index (κ3) is 6.95. The van der Waals surface area contributed by atoms with Gasteiger partial charge in [0.05, 0.1) is 6.61 Å². The highest BCUT2D eigenvalue weighted by Gasteiger charge is 2.04. The first kappa shape index (κ1) is 13.9. The van der Waals surface area contributed by atoms with Gasteiger partial charge in [0.15, 0.2) is 0 Å². The van der Waals surface area contributed by atoms with Crippen molar-refractivity contribution in [1.82, 2.24) is 0 Å². The topological polar surface area (TPSA) is 26.3 Å². The van der Waals surface area contributed by atoms with Gasteiger partial charge in [-0.3, -0.25) is 4.79 Å². The van der Waals surface area contributed by atoms with Crippen LogP contribution in [0.2, 0.25) is 0 Å². The van der Waals surface area contributed by atoms with Crippen LogP contribution >= 0.6 is 0 Å². The van der Waals surface area contributed by atoms with Crippen LogP contribution in [0.5, 0.6) is 0 Å². The molecule has 0 aromatic heterocycles. The zero-order chi connectivity index (χ0) is 11.7. The molecule has 0 rings (SSSR count). The molecule has 0 saturated heterocycles. The number of esters is 1. The van der Waals surface area contributed by atoms with Crippen molar-refractivity contribution in [2.24, 2.45) is 5.92 Å². The summed E-state index contributed by atoms with van der Waals surface area (Å²) < 4.78 is 5.00. The van der Waals surface area contributed by atoms with E-state index in [1.807, 2.05) is 19.1 Å². The number of carbonyl (C=O) groups excluding carboxylic acids is 1. The number of hydrogen-bond donors (Lipinski definition) is 0. The molecule has 15 heavy (non-hydrogen) atoms. The van der Waals surface area contributed by atoms with E-state index in [2.05, 4.69) is 20.4 Å². The van der Waals surface area contributed by atoms with E-state index in [1.54, 1.807) is 0 Å². The predicted octanol–water partition coefficient (Wildman–Crippen LogP) is 3.49. The zero-order valence-corrected chi connectivity index (χ0v) is 10.1. The van der Waals surface area contributed by atoms with Gasteiger partial charge in [-0.15, -0.1) is 0 Å². The summed E-state index contributed by atoms with van der Waals surface area (Å²) >= 11 is 0. The second kappa shape index (κ2) is 8.27. The lowest BCUT2D eigenvalue weighted by Crippen LogP contribution is -2.05. The van der Waals surface area contributed by atoms with E-state index in [9.17, 15) is 4.79 Å². The van der Waals surface area contributed by atoms with Gasteiger partial charge in [-0.05, 0) is 25.7 Å². The van der Waals surface area contributed by atoms with Crippen molar-refractivity contribution >= 4 is 5.97 Å². The lowest BCUT2D eigenvalue weighted by Gasteiger charge is -2.11. The Hall–Kier alpha value is -1.05. The molecule has 0 aromatic carbocycles. The van der Waals surface area contributed by atoms with Gasteiger partial charge in [-0.2, -0.15) is 0 Å². The quantitative estimate of drug-likeness (QED) is 0.365. The summed E-state index contributed by atoms with van der Waals surface area (Å²) in [6.07, 6.45) is 6.28. The first-order valence-electron chi connectivity index (χ1n) is 5.56. The Balaban J connectivity index is 3.63. The van der Waals surface area contributed by atoms with Crippen LogP contribution in [0.4, 0.5) is 0 Å². The highest BCUT2D eigenvalue weighted by molar-refractivity contribution is 5.68. The Morgan fingerprint density at radius 3 is 2.73 bits per heavy atom. The lowest BCUT2D eigenvalue weighted by molar-refractivity contribution is -0.143. The van der Waals surface area contributed by atoms with Crippen LogP contribution in [-0.2, 0) is 9.53 Å². The van der Waals surface area contributed by atoms with Crippen molar-refractivity contribution in [3.05, 3.63) is 24.3 Å². The number of hydrogen-bond acceptors (Lipinski definition) is 2. The van der Waals surface area contributed by atoms with E-state index in [0.717, 1.165) is 12.8 Å². The van der Waals surface area contributed by atoms with Gasteiger partial charge in [0, 0.05) is 6.42 Å². The Morgan fingerprint density at radius 2 is 2.20 bits per heavy atom. The van der Waals surface area contributed by atoms with Crippen molar-refractivity contribution in [2.75, 3.05) is 6.61 Å². The molecule has 0 heterocycles. The van der Waals surface area contributed by atoms with Crippen LogP contribution in [-0.4, -0.2) is 12.6 Å². The summed E-state index contributed by atoms with van der Waals surface area (Å²) in [5, 5.41) is 0. The average Bonchev–Trinajstić information content (AvgIpc) is 2.23. The molecule has 0 spiro atoms. The second-order valence-corrected chi connectivity index (χ2v) is 3.76. The monoisotopic (exact) mass is 210 g/mol. The predicted molar refractivity (Wildman–Crippen MR) is 63.6 cm³/mol. The molecule has 0 N–H and O–H groups in total. The number of allylic oxidation sites excluding steroid dienone is 3. The van der Waals surface area contributed by atoms with Gasteiger partial charge >= 0.3 is 5.97 Å². The summed E-state index contributed by atoms with van der Waals surface area (Å²) in [6, 6.07) is 0. The first-order valence-corrected chi connectivity index (χ1v) is 5.56. The lowest BCUT2D eigenvalue weighted by atomic mass is 9.97. The minimum Gasteiger partial charge on any atom is -0.466 e. The molecule has 0 saturated carbocycles. The normalized spacial score (nSPS) is 13.4. The largest absolute Gasteiger partial charge is 0.466 e. The maximum Gasteiger partial charge on any atom is 0.305 e. The summed E-state index contributed by atoms with van der Waals surface area (Å²) in [4.78, 5) is 10.8. The Bertz CT molecular complexity index is 229. The third-order valence-electron chi connectivity index (χ3n) is 2.49. The minimum absolute atomic E-state index is 0.110. The Morgan fingerprint density at radius 1 is 1.53 bits per heavy atom. The second-order valence-electron chi connectivity index (χ2n) is 3.76. The molecule has 86 valence electrons. The fourth-order valence-corrected chi connectivity index (χ4v) is 1.26. The van der Waals surface area contributed by atoms with Crippen LogP contribution in [0.3, 0.4) is 0 Å². The van der Waals surface area contributed by atoms with Gasteiger partial charge in [0.2, 0.25) is 0 Å². The summed E-state index contributed by atoms with van der Waals surface area (Å²) in [6.45, 7) is 10.3. The van der Waals surface area contributed by atoms with Gasteiger partial charge in [0.25, 0.3) is 0 Å². The van der Waals surface area contributed by atoms with Crippen LogP contribution in [0.25, 0.3) is 0 Å². The SMILES string of the molecule is C=C/C=C(\C)C(C)CCCOC(=O)CC. The molecule has 2 nitrogen and oxygen atoms in total. The molecule has 0 aromatic rings. The maximum atomic E-state index is 10.8. The highest BCUT2D eigenvalue weighted by atomic mass is 16.5. The molecule has 0 fully saturated rings. The van der Waals surface area contributed by atoms with E-state index >= 15 is 0 Å². The zero-order valence-electron chi connectivity index (χ0n) is 10.1. The van der Waals surface area contributed by atoms with Crippen LogP contribution in [0, 0.1) is 5.92 Å². The van der Waals surface area contributed by atoms with E-state index in [1.165, 1.54) is 5.57 Å². The third-order valence-corrected chi connectivity index (χ3v) is 2.49. The van der Waals surface area contributed by atoms with Gasteiger partial charge < -0.3 is 4.74 Å². The highest BCUT2D eigenvalue weighted by Crippen LogP contribution is 2.15. The number of rotatable bonds is 7. The molecule has 0 amide bonds. The molecule has 0 bridgehead atoms. The molecule has 1 atom stereocenters. The summed E-state index contributed by atoms with van der Waals surface area (Å²) in [5.41, 5.74) is 1.33. The molecule has 0 radical (unpaired) electrons. The molecular weight excluding hydrogens is 188 g/mol. The smallest absolute Gasteiger partial charge is 0.305 e.